The van der Waals surface area contributed by atoms with E-state index in [9.17, 15) is 27.1 Å². The van der Waals surface area contributed by atoms with Crippen molar-refractivity contribution in [3.63, 3.8) is 0 Å². The van der Waals surface area contributed by atoms with Gasteiger partial charge in [-0.05, 0) is 30.5 Å². The molecule has 23 heavy (non-hydrogen) atoms. The molecule has 0 amide bonds. The van der Waals surface area contributed by atoms with Gasteiger partial charge in [-0.25, -0.2) is 13.6 Å². The number of hydrogen-bond donors (Lipinski definition) is 1. The number of carboxylic acid groups (broad SMARTS) is 1. The largest absolute Gasteiger partial charge is 0.478 e. The molecule has 2 aliphatic heterocycles. The molecule has 126 valence electrons. The number of halogens is 2. The molecule has 0 spiro atoms. The van der Waals surface area contributed by atoms with Crippen molar-refractivity contribution in [2.45, 2.75) is 25.2 Å². The summed E-state index contributed by atoms with van der Waals surface area (Å²) in [6, 6.07) is 4.41. The zero-order valence-corrected chi connectivity index (χ0v) is 13.0. The van der Waals surface area contributed by atoms with Gasteiger partial charge in [0.2, 0.25) is 0 Å². The Kier molecular flexibility index (Phi) is 3.80. The van der Waals surface area contributed by atoms with Crippen molar-refractivity contribution in [3.05, 3.63) is 29.3 Å². The summed E-state index contributed by atoms with van der Waals surface area (Å²) in [6.45, 7) is -0.917. The Bertz CT molecular complexity index is 751. The van der Waals surface area contributed by atoms with Crippen LogP contribution < -0.4 is 4.31 Å². The Morgan fingerprint density at radius 1 is 1.26 bits per heavy atom. The second kappa shape index (κ2) is 5.41. The van der Waals surface area contributed by atoms with Crippen LogP contribution in [0.1, 0.15) is 28.8 Å². The van der Waals surface area contributed by atoms with Crippen molar-refractivity contribution < 1.29 is 27.1 Å². The average molecular weight is 346 g/mol. The van der Waals surface area contributed by atoms with Crippen LogP contribution in [0.5, 0.6) is 0 Å². The predicted molar refractivity (Wildman–Crippen MR) is 79.1 cm³/mol. The van der Waals surface area contributed by atoms with Crippen LogP contribution in [0.2, 0.25) is 0 Å². The second-order valence-corrected chi connectivity index (χ2v) is 7.58. The third-order valence-corrected chi connectivity index (χ3v) is 6.08. The van der Waals surface area contributed by atoms with Gasteiger partial charge in [-0.3, -0.25) is 4.31 Å². The van der Waals surface area contributed by atoms with Crippen molar-refractivity contribution in [3.8, 4) is 0 Å². The fourth-order valence-corrected chi connectivity index (χ4v) is 4.80. The number of anilines is 1. The number of aromatic carboxylic acids is 1. The molecule has 1 fully saturated rings. The number of carbonyl (C=O) groups is 1. The molecule has 1 N–H and O–H groups in total. The van der Waals surface area contributed by atoms with Gasteiger partial charge in [-0.1, -0.05) is 6.07 Å². The lowest BCUT2D eigenvalue weighted by Crippen LogP contribution is -2.46. The van der Waals surface area contributed by atoms with E-state index in [1.54, 1.807) is 0 Å². The van der Waals surface area contributed by atoms with Gasteiger partial charge in [0.1, 0.15) is 0 Å². The highest BCUT2D eigenvalue weighted by Gasteiger charge is 2.46. The van der Waals surface area contributed by atoms with Crippen LogP contribution in [-0.2, 0) is 16.6 Å². The number of alkyl halides is 2. The molecule has 3 rings (SSSR count). The summed E-state index contributed by atoms with van der Waals surface area (Å²) in [6.07, 6.45) is 0.392. The molecule has 0 unspecified atom stereocenters. The van der Waals surface area contributed by atoms with E-state index in [2.05, 4.69) is 0 Å². The average Bonchev–Trinajstić information content (AvgIpc) is 2.86. The first-order valence-corrected chi connectivity index (χ1v) is 8.63. The molecular formula is C14H16F2N2O4S. The number of carboxylic acids is 1. The Morgan fingerprint density at radius 3 is 2.61 bits per heavy atom. The van der Waals surface area contributed by atoms with E-state index in [1.165, 1.54) is 18.2 Å². The summed E-state index contributed by atoms with van der Waals surface area (Å²) < 4.78 is 53.9. The summed E-state index contributed by atoms with van der Waals surface area (Å²) in [5, 5.41) is 9.23. The van der Waals surface area contributed by atoms with E-state index in [4.69, 9.17) is 0 Å². The molecule has 1 saturated heterocycles. The van der Waals surface area contributed by atoms with Crippen LogP contribution in [0, 0.1) is 0 Å². The van der Waals surface area contributed by atoms with Gasteiger partial charge in [-0.15, -0.1) is 0 Å². The lowest BCUT2D eigenvalue weighted by molar-refractivity contribution is 0.0183. The van der Waals surface area contributed by atoms with Crippen molar-refractivity contribution >= 4 is 21.9 Å². The highest BCUT2D eigenvalue weighted by Crippen LogP contribution is 2.36. The Balaban J connectivity index is 2.00. The molecule has 0 bridgehead atoms. The summed E-state index contributed by atoms with van der Waals surface area (Å²) >= 11 is 0. The number of benzene rings is 1. The maximum Gasteiger partial charge on any atom is 0.336 e. The molecule has 1 aromatic rings. The van der Waals surface area contributed by atoms with Crippen molar-refractivity contribution in [2.24, 2.45) is 0 Å². The molecule has 0 radical (unpaired) electrons. The standard InChI is InChI=1S/C14H16F2N2O4S/c15-14(16)6-8-17(9-14)23(21,22)18-7-2-4-10-11(13(19)20)3-1-5-12(10)18/h1,3,5H,2,4,6-9H2,(H,19,20). The Labute approximate surface area is 132 Å². The number of fused-ring (bicyclic) bond motifs is 1. The van der Waals surface area contributed by atoms with Gasteiger partial charge >= 0.3 is 16.2 Å². The molecule has 2 heterocycles. The highest BCUT2D eigenvalue weighted by molar-refractivity contribution is 7.90. The Hall–Kier alpha value is -1.74. The normalized spacial score (nSPS) is 21.2. The minimum absolute atomic E-state index is 0.0501. The van der Waals surface area contributed by atoms with Gasteiger partial charge in [0.05, 0.1) is 17.8 Å². The SMILES string of the molecule is O=C(O)c1cccc2c1CCCN2S(=O)(=O)N1CCC(F)(F)C1. The summed E-state index contributed by atoms with van der Waals surface area (Å²) in [5.41, 5.74) is 0.751. The number of nitrogens with zero attached hydrogens (tertiary/aromatic N) is 2. The second-order valence-electron chi connectivity index (χ2n) is 5.73. The zero-order valence-electron chi connectivity index (χ0n) is 12.2. The van der Waals surface area contributed by atoms with E-state index in [0.717, 1.165) is 8.61 Å². The van der Waals surface area contributed by atoms with Gasteiger partial charge in [0.25, 0.3) is 5.92 Å². The first-order chi connectivity index (χ1) is 10.7. The molecule has 6 nitrogen and oxygen atoms in total. The lowest BCUT2D eigenvalue weighted by Gasteiger charge is -2.33. The maximum absolute atomic E-state index is 13.4. The van der Waals surface area contributed by atoms with E-state index < -0.39 is 35.1 Å². The van der Waals surface area contributed by atoms with Crippen molar-refractivity contribution in [2.75, 3.05) is 23.9 Å². The summed E-state index contributed by atoms with van der Waals surface area (Å²) in [7, 11) is -4.09. The first kappa shape index (κ1) is 16.1. The van der Waals surface area contributed by atoms with Gasteiger partial charge in [0, 0.05) is 19.5 Å². The zero-order chi connectivity index (χ0) is 16.8. The molecule has 0 aliphatic carbocycles. The van der Waals surface area contributed by atoms with E-state index in [0.29, 0.717) is 18.4 Å². The molecule has 1 aromatic carbocycles. The Morgan fingerprint density at radius 2 is 2.00 bits per heavy atom. The third-order valence-electron chi connectivity index (χ3n) is 4.18. The van der Waals surface area contributed by atoms with Crippen LogP contribution in [0.4, 0.5) is 14.5 Å². The van der Waals surface area contributed by atoms with E-state index in [1.807, 2.05) is 0 Å². The lowest BCUT2D eigenvalue weighted by atomic mass is 9.98. The van der Waals surface area contributed by atoms with Crippen LogP contribution in [0.25, 0.3) is 0 Å². The van der Waals surface area contributed by atoms with E-state index >= 15 is 0 Å². The van der Waals surface area contributed by atoms with Gasteiger partial charge in [-0.2, -0.15) is 12.7 Å². The smallest absolute Gasteiger partial charge is 0.336 e. The third kappa shape index (κ3) is 2.78. The summed E-state index contributed by atoms with van der Waals surface area (Å²) in [5.74, 6) is -4.15. The van der Waals surface area contributed by atoms with E-state index in [-0.39, 0.29) is 24.3 Å². The molecule has 0 aromatic heterocycles. The molecule has 0 saturated carbocycles. The molecule has 2 aliphatic rings. The van der Waals surface area contributed by atoms with Crippen LogP contribution >= 0.6 is 0 Å². The van der Waals surface area contributed by atoms with Crippen molar-refractivity contribution in [1.82, 2.24) is 4.31 Å². The van der Waals surface area contributed by atoms with Gasteiger partial charge < -0.3 is 5.11 Å². The minimum atomic E-state index is -4.09. The fourth-order valence-electron chi connectivity index (χ4n) is 3.07. The predicted octanol–water partition coefficient (Wildman–Crippen LogP) is 1.72. The monoisotopic (exact) mass is 346 g/mol. The molecule has 0 atom stereocenters. The quantitative estimate of drug-likeness (QED) is 0.904. The fraction of sp³-hybridized carbons (Fsp3) is 0.500. The van der Waals surface area contributed by atoms with Gasteiger partial charge in [0.15, 0.2) is 0 Å². The first-order valence-electron chi connectivity index (χ1n) is 7.23. The topological polar surface area (TPSA) is 77.9 Å². The van der Waals surface area contributed by atoms with Crippen LogP contribution in [0.3, 0.4) is 0 Å². The van der Waals surface area contributed by atoms with Crippen LogP contribution in [-0.4, -0.2) is 49.4 Å². The number of hydrogen-bond acceptors (Lipinski definition) is 3. The number of rotatable bonds is 3. The minimum Gasteiger partial charge on any atom is -0.478 e. The maximum atomic E-state index is 13.4. The summed E-state index contributed by atoms with van der Waals surface area (Å²) in [4.78, 5) is 11.3. The molecular weight excluding hydrogens is 330 g/mol. The molecule has 9 heteroatoms. The van der Waals surface area contributed by atoms with Crippen LogP contribution in [0.15, 0.2) is 18.2 Å². The highest BCUT2D eigenvalue weighted by atomic mass is 32.2. The van der Waals surface area contributed by atoms with Crippen molar-refractivity contribution in [1.29, 1.82) is 0 Å².